The van der Waals surface area contributed by atoms with Crippen molar-refractivity contribution in [2.75, 3.05) is 31.2 Å². The van der Waals surface area contributed by atoms with E-state index in [4.69, 9.17) is 14.8 Å². The van der Waals surface area contributed by atoms with E-state index in [1.165, 1.54) is 0 Å². The Morgan fingerprint density at radius 2 is 1.31 bits per heavy atom. The molecule has 1 saturated heterocycles. The van der Waals surface area contributed by atoms with E-state index in [-0.39, 0.29) is 0 Å². The van der Waals surface area contributed by atoms with E-state index in [0.29, 0.717) is 13.2 Å². The number of nitrogens with one attached hydrogen (secondary N) is 1. The summed E-state index contributed by atoms with van der Waals surface area (Å²) in [6.45, 7) is 3.03. The lowest BCUT2D eigenvalue weighted by molar-refractivity contribution is 0.122. The van der Waals surface area contributed by atoms with Gasteiger partial charge < -0.3 is 9.64 Å². The van der Waals surface area contributed by atoms with Gasteiger partial charge in [0.15, 0.2) is 0 Å². The van der Waals surface area contributed by atoms with Gasteiger partial charge in [0.05, 0.1) is 24.9 Å². The molecule has 4 heterocycles. The molecule has 4 aromatic carbocycles. The number of morpholine rings is 1. The maximum Gasteiger partial charge on any atom is 0.138 e. The van der Waals surface area contributed by atoms with E-state index >= 15 is 0 Å². The molecule has 7 aromatic rings. The third kappa shape index (κ3) is 4.69. The van der Waals surface area contributed by atoms with Gasteiger partial charge in [-0.05, 0) is 46.5 Å². The largest absolute Gasteiger partial charge is 0.378 e. The smallest absolute Gasteiger partial charge is 0.138 e. The van der Waals surface area contributed by atoms with Gasteiger partial charge in [0.2, 0.25) is 0 Å². The van der Waals surface area contributed by atoms with E-state index in [9.17, 15) is 0 Å². The standard InChI is InChI=1S/C38H32N6O/c1-4-10-31(11-5-1)38(32-12-6-2-7-13-32,33-14-8-3-9-15-33)44-35-17-16-28(30-26-40-41-27-30)24-34(35)37(42-44)29-18-19-39-36(25-29)43-20-22-45-23-21-43/h1-19,24-27H,20-23H2,(H,40,41). The van der Waals surface area contributed by atoms with Gasteiger partial charge in [0, 0.05) is 42.0 Å². The number of hydrogen-bond acceptors (Lipinski definition) is 5. The van der Waals surface area contributed by atoms with Crippen LogP contribution in [0.5, 0.6) is 0 Å². The van der Waals surface area contributed by atoms with E-state index in [0.717, 1.165) is 68.9 Å². The Balaban J connectivity index is 1.45. The van der Waals surface area contributed by atoms with Crippen LogP contribution in [0.3, 0.4) is 0 Å². The topological polar surface area (TPSA) is 71.9 Å². The molecule has 0 spiro atoms. The Labute approximate surface area is 261 Å². The second-order valence-corrected chi connectivity index (χ2v) is 11.3. The van der Waals surface area contributed by atoms with Crippen LogP contribution in [0.15, 0.2) is 140 Å². The quantitative estimate of drug-likeness (QED) is 0.200. The normalized spacial score (nSPS) is 13.7. The number of pyridine rings is 1. The highest BCUT2D eigenvalue weighted by molar-refractivity contribution is 5.97. The zero-order valence-corrected chi connectivity index (χ0v) is 24.8. The summed E-state index contributed by atoms with van der Waals surface area (Å²) >= 11 is 0. The van der Waals surface area contributed by atoms with E-state index < -0.39 is 5.54 Å². The van der Waals surface area contributed by atoms with Crippen molar-refractivity contribution < 1.29 is 4.74 Å². The lowest BCUT2D eigenvalue weighted by Crippen LogP contribution is -2.38. The van der Waals surface area contributed by atoms with Crippen molar-refractivity contribution >= 4 is 16.7 Å². The Hall–Kier alpha value is -5.53. The molecule has 0 bridgehead atoms. The van der Waals surface area contributed by atoms with Gasteiger partial charge in [-0.3, -0.25) is 5.10 Å². The number of anilines is 1. The molecule has 0 amide bonds. The summed E-state index contributed by atoms with van der Waals surface area (Å²) in [5, 5.41) is 13.8. The van der Waals surface area contributed by atoms with Gasteiger partial charge in [0.25, 0.3) is 0 Å². The van der Waals surface area contributed by atoms with Crippen molar-refractivity contribution in [1.29, 1.82) is 0 Å². The summed E-state index contributed by atoms with van der Waals surface area (Å²) < 4.78 is 7.84. The maximum absolute atomic E-state index is 5.62. The number of benzene rings is 4. The molecule has 0 aliphatic carbocycles. The molecule has 1 aliphatic rings. The molecule has 3 aromatic heterocycles. The van der Waals surface area contributed by atoms with Gasteiger partial charge in [-0.1, -0.05) is 97.1 Å². The third-order valence-electron chi connectivity index (χ3n) is 8.76. The number of ether oxygens (including phenoxy) is 1. The highest BCUT2D eigenvalue weighted by atomic mass is 16.5. The predicted molar refractivity (Wildman–Crippen MR) is 178 cm³/mol. The van der Waals surface area contributed by atoms with Crippen molar-refractivity contribution in [3.63, 3.8) is 0 Å². The number of H-pyrrole nitrogens is 1. The van der Waals surface area contributed by atoms with Crippen LogP contribution in [0.2, 0.25) is 0 Å². The molecule has 0 saturated carbocycles. The molecular weight excluding hydrogens is 556 g/mol. The van der Waals surface area contributed by atoms with Crippen LogP contribution in [0.25, 0.3) is 33.3 Å². The minimum atomic E-state index is -0.752. The van der Waals surface area contributed by atoms with Crippen LogP contribution in [0, 0.1) is 0 Å². The summed E-state index contributed by atoms with van der Waals surface area (Å²) in [6.07, 6.45) is 5.68. The molecule has 7 heteroatoms. The first-order valence-electron chi connectivity index (χ1n) is 15.3. The highest BCUT2D eigenvalue weighted by Gasteiger charge is 2.41. The SMILES string of the molecule is c1ccc(C(c2ccccc2)(c2ccccc2)n2nc(-c3ccnc(N4CCOCC4)c3)c3cc(-c4cn[nH]c4)ccc32)cc1. The number of aromatic amines is 1. The first kappa shape index (κ1) is 27.0. The number of rotatable bonds is 7. The van der Waals surface area contributed by atoms with E-state index in [2.05, 4.69) is 141 Å². The van der Waals surface area contributed by atoms with Crippen molar-refractivity contribution in [3.05, 3.63) is 157 Å². The van der Waals surface area contributed by atoms with Crippen molar-refractivity contribution in [1.82, 2.24) is 25.0 Å². The fraction of sp³-hybridized carbons (Fsp3) is 0.132. The highest BCUT2D eigenvalue weighted by Crippen LogP contribution is 2.44. The second-order valence-electron chi connectivity index (χ2n) is 11.3. The molecule has 0 atom stereocenters. The minimum absolute atomic E-state index is 0.700. The number of fused-ring (bicyclic) bond motifs is 1. The van der Waals surface area contributed by atoms with Gasteiger partial charge in [-0.25, -0.2) is 9.67 Å². The van der Waals surface area contributed by atoms with Gasteiger partial charge in [0.1, 0.15) is 17.1 Å². The van der Waals surface area contributed by atoms with Gasteiger partial charge >= 0.3 is 0 Å². The zero-order chi connectivity index (χ0) is 30.1. The Bertz CT molecular complexity index is 1940. The monoisotopic (exact) mass is 588 g/mol. The average molecular weight is 589 g/mol. The van der Waals surface area contributed by atoms with Crippen LogP contribution in [-0.4, -0.2) is 51.3 Å². The molecule has 1 N–H and O–H groups in total. The Morgan fingerprint density at radius 1 is 0.667 bits per heavy atom. The van der Waals surface area contributed by atoms with Crippen LogP contribution < -0.4 is 4.90 Å². The fourth-order valence-electron chi connectivity index (χ4n) is 6.61. The molecule has 220 valence electrons. The lowest BCUT2D eigenvalue weighted by Gasteiger charge is -2.37. The minimum Gasteiger partial charge on any atom is -0.378 e. The number of hydrogen-bond donors (Lipinski definition) is 1. The van der Waals surface area contributed by atoms with E-state index in [1.54, 1.807) is 0 Å². The Morgan fingerprint density at radius 3 is 1.91 bits per heavy atom. The van der Waals surface area contributed by atoms with Gasteiger partial charge in [-0.15, -0.1) is 0 Å². The summed E-state index contributed by atoms with van der Waals surface area (Å²) in [6, 6.07) is 42.9. The molecule has 8 rings (SSSR count). The van der Waals surface area contributed by atoms with Crippen LogP contribution in [0.1, 0.15) is 16.7 Å². The molecule has 0 radical (unpaired) electrons. The summed E-state index contributed by atoms with van der Waals surface area (Å²) in [5.74, 6) is 0.935. The molecule has 7 nitrogen and oxygen atoms in total. The maximum atomic E-state index is 5.62. The molecular formula is C38H32N6O. The molecule has 0 unspecified atom stereocenters. The second kappa shape index (κ2) is 11.5. The Kier molecular flexibility index (Phi) is 6.93. The first-order valence-corrected chi connectivity index (χ1v) is 15.3. The number of nitrogens with zero attached hydrogens (tertiary/aromatic N) is 5. The fourth-order valence-corrected chi connectivity index (χ4v) is 6.61. The zero-order valence-electron chi connectivity index (χ0n) is 24.8. The summed E-state index contributed by atoms with van der Waals surface area (Å²) in [4.78, 5) is 7.03. The van der Waals surface area contributed by atoms with Crippen molar-refractivity contribution in [2.45, 2.75) is 5.54 Å². The van der Waals surface area contributed by atoms with Crippen molar-refractivity contribution in [2.24, 2.45) is 0 Å². The van der Waals surface area contributed by atoms with Crippen LogP contribution in [0.4, 0.5) is 5.82 Å². The first-order chi connectivity index (χ1) is 22.3. The van der Waals surface area contributed by atoms with Crippen LogP contribution in [-0.2, 0) is 10.3 Å². The van der Waals surface area contributed by atoms with Gasteiger partial charge in [-0.2, -0.15) is 10.2 Å². The summed E-state index contributed by atoms with van der Waals surface area (Å²) in [5.41, 5.74) is 7.67. The third-order valence-corrected chi connectivity index (χ3v) is 8.76. The average Bonchev–Trinajstić information content (AvgIpc) is 3.80. The van der Waals surface area contributed by atoms with Crippen LogP contribution >= 0.6 is 0 Å². The summed E-state index contributed by atoms with van der Waals surface area (Å²) in [7, 11) is 0. The molecule has 45 heavy (non-hydrogen) atoms. The lowest BCUT2D eigenvalue weighted by atomic mass is 9.77. The molecule has 1 fully saturated rings. The predicted octanol–water partition coefficient (Wildman–Crippen LogP) is 7.17. The van der Waals surface area contributed by atoms with Crippen molar-refractivity contribution in [3.8, 4) is 22.4 Å². The van der Waals surface area contributed by atoms with E-state index in [1.807, 2.05) is 18.6 Å². The molecule has 1 aliphatic heterocycles. The number of aromatic nitrogens is 5.